The summed E-state index contributed by atoms with van der Waals surface area (Å²) in [6.07, 6.45) is 4.15. The summed E-state index contributed by atoms with van der Waals surface area (Å²) in [5.74, 6) is 1.90. The van der Waals surface area contributed by atoms with E-state index in [1.807, 2.05) is 11.0 Å². The summed E-state index contributed by atoms with van der Waals surface area (Å²) in [4.78, 5) is 31.1. The van der Waals surface area contributed by atoms with Gasteiger partial charge in [-0.25, -0.2) is 0 Å². The second-order valence-corrected chi connectivity index (χ2v) is 9.47. The number of carbonyl (C=O) groups is 2. The number of nitrogens with one attached hydrogen (secondary N) is 1. The first-order valence-corrected chi connectivity index (χ1v) is 12.2. The van der Waals surface area contributed by atoms with Crippen LogP contribution in [-0.4, -0.2) is 66.0 Å². The molecule has 1 unspecified atom stereocenters. The van der Waals surface area contributed by atoms with Gasteiger partial charge in [0.15, 0.2) is 11.5 Å². The van der Waals surface area contributed by atoms with Crippen molar-refractivity contribution in [3.63, 3.8) is 0 Å². The van der Waals surface area contributed by atoms with E-state index in [1.165, 1.54) is 5.56 Å². The third-order valence-corrected chi connectivity index (χ3v) is 7.40. The zero-order valence-corrected chi connectivity index (χ0v) is 19.7. The third-order valence-electron chi connectivity index (χ3n) is 7.40. The fourth-order valence-corrected chi connectivity index (χ4v) is 5.12. The van der Waals surface area contributed by atoms with Gasteiger partial charge in [0.2, 0.25) is 11.8 Å². The normalized spacial score (nSPS) is 23.8. The number of hydrogen-bond donors (Lipinski definition) is 1. The second kappa shape index (κ2) is 9.69. The largest absolute Gasteiger partial charge is 0.486 e. The predicted octanol–water partition coefficient (Wildman–Crippen LogP) is 2.97. The van der Waals surface area contributed by atoms with Gasteiger partial charge in [0, 0.05) is 26.2 Å². The number of amides is 2. The molecule has 1 aromatic carbocycles. The van der Waals surface area contributed by atoms with Crippen molar-refractivity contribution in [3.05, 3.63) is 23.8 Å². The lowest BCUT2D eigenvalue weighted by Crippen LogP contribution is -2.73. The minimum atomic E-state index is -0.709. The fraction of sp³-hybridized carbons (Fsp3) is 0.680. The van der Waals surface area contributed by atoms with E-state index in [0.29, 0.717) is 32.6 Å². The maximum atomic E-state index is 13.4. The van der Waals surface area contributed by atoms with Gasteiger partial charge in [-0.05, 0) is 42.9 Å². The number of rotatable bonds is 7. The number of piperidine rings is 1. The molecular formula is C25H37N3O4. The highest BCUT2D eigenvalue weighted by Gasteiger charge is 2.53. The number of hydrogen-bond acceptors (Lipinski definition) is 5. The highest BCUT2D eigenvalue weighted by molar-refractivity contribution is 6.00. The summed E-state index contributed by atoms with van der Waals surface area (Å²) in [6.45, 7) is 10.5. The molecule has 1 spiro atoms. The Hall–Kier alpha value is -2.28. The molecule has 0 bridgehead atoms. The Morgan fingerprint density at radius 1 is 1.12 bits per heavy atom. The van der Waals surface area contributed by atoms with Gasteiger partial charge in [-0.2, -0.15) is 0 Å². The predicted molar refractivity (Wildman–Crippen MR) is 123 cm³/mol. The van der Waals surface area contributed by atoms with Crippen LogP contribution in [0.5, 0.6) is 11.5 Å². The van der Waals surface area contributed by atoms with Gasteiger partial charge >= 0.3 is 0 Å². The maximum Gasteiger partial charge on any atom is 0.246 e. The van der Waals surface area contributed by atoms with Crippen LogP contribution in [0.25, 0.3) is 0 Å². The molecule has 0 aliphatic carbocycles. The van der Waals surface area contributed by atoms with E-state index in [1.54, 1.807) is 0 Å². The third kappa shape index (κ3) is 4.32. The molecular weight excluding hydrogens is 406 g/mol. The Morgan fingerprint density at radius 3 is 2.53 bits per heavy atom. The van der Waals surface area contributed by atoms with Crippen molar-refractivity contribution in [2.75, 3.05) is 32.8 Å². The number of benzene rings is 1. The standard InChI is InChI=1S/C25H37N3O4/c1-4-6-11-28-23(29)22(18(3)5-2)26-24(30)25(28)9-12-27(13-10-25)17-19-7-8-20-21(16-19)32-15-14-31-20/h7-8,16,18,22H,4-6,9-15,17H2,1-3H3,(H,26,30)/t18?,22-/m0/s1. The molecule has 2 fully saturated rings. The van der Waals surface area contributed by atoms with Crippen LogP contribution in [0.1, 0.15) is 58.4 Å². The summed E-state index contributed by atoms with van der Waals surface area (Å²) in [7, 11) is 0. The van der Waals surface area contributed by atoms with Crippen molar-refractivity contribution in [2.24, 2.45) is 5.92 Å². The topological polar surface area (TPSA) is 71.1 Å². The maximum absolute atomic E-state index is 13.4. The molecule has 0 saturated carbocycles. The summed E-state index contributed by atoms with van der Waals surface area (Å²) in [5.41, 5.74) is 0.466. The fourth-order valence-electron chi connectivity index (χ4n) is 5.12. The molecule has 2 saturated heterocycles. The Morgan fingerprint density at radius 2 is 1.84 bits per heavy atom. The zero-order chi connectivity index (χ0) is 22.7. The molecule has 2 atom stereocenters. The SMILES string of the molecule is CCCCN1C(=O)[C@H](C(C)CC)NC(=O)C12CCN(Cc1ccc3c(c1)OCCO3)CC2. The lowest BCUT2D eigenvalue weighted by atomic mass is 9.80. The minimum absolute atomic E-state index is 0.0393. The number of fused-ring (bicyclic) bond motifs is 1. The summed E-state index contributed by atoms with van der Waals surface area (Å²) >= 11 is 0. The number of nitrogens with zero attached hydrogens (tertiary/aromatic N) is 2. The first-order chi connectivity index (χ1) is 15.5. The van der Waals surface area contributed by atoms with Crippen molar-refractivity contribution >= 4 is 11.8 Å². The van der Waals surface area contributed by atoms with Crippen LogP contribution in [0.2, 0.25) is 0 Å². The summed E-state index contributed by atoms with van der Waals surface area (Å²) in [6, 6.07) is 5.72. The van der Waals surface area contributed by atoms with Crippen LogP contribution in [-0.2, 0) is 16.1 Å². The molecule has 32 heavy (non-hydrogen) atoms. The molecule has 4 rings (SSSR count). The average Bonchev–Trinajstić information content (AvgIpc) is 2.82. The van der Waals surface area contributed by atoms with E-state index in [-0.39, 0.29) is 17.7 Å². The summed E-state index contributed by atoms with van der Waals surface area (Å²) in [5, 5.41) is 3.10. The Kier molecular flexibility index (Phi) is 6.93. The molecule has 2 amide bonds. The van der Waals surface area contributed by atoms with Crippen molar-refractivity contribution < 1.29 is 19.1 Å². The second-order valence-electron chi connectivity index (χ2n) is 9.47. The first-order valence-electron chi connectivity index (χ1n) is 12.2. The number of carbonyl (C=O) groups excluding carboxylic acids is 2. The van der Waals surface area contributed by atoms with Gasteiger partial charge < -0.3 is 19.7 Å². The first kappa shape index (κ1) is 22.9. The lowest BCUT2D eigenvalue weighted by molar-refractivity contribution is -0.162. The molecule has 3 aliphatic heterocycles. The van der Waals surface area contributed by atoms with E-state index in [4.69, 9.17) is 9.47 Å². The molecule has 7 heteroatoms. The van der Waals surface area contributed by atoms with Crippen LogP contribution < -0.4 is 14.8 Å². The smallest absolute Gasteiger partial charge is 0.246 e. The zero-order valence-electron chi connectivity index (χ0n) is 19.7. The molecule has 176 valence electrons. The van der Waals surface area contributed by atoms with E-state index in [9.17, 15) is 9.59 Å². The van der Waals surface area contributed by atoms with Crippen molar-refractivity contribution in [1.82, 2.24) is 15.1 Å². The van der Waals surface area contributed by atoms with Crippen LogP contribution >= 0.6 is 0 Å². The van der Waals surface area contributed by atoms with E-state index < -0.39 is 11.6 Å². The van der Waals surface area contributed by atoms with E-state index in [2.05, 4.69) is 43.1 Å². The van der Waals surface area contributed by atoms with Gasteiger partial charge in [-0.3, -0.25) is 14.5 Å². The molecule has 1 aromatic rings. The monoisotopic (exact) mass is 443 g/mol. The van der Waals surface area contributed by atoms with Crippen molar-refractivity contribution in [3.8, 4) is 11.5 Å². The summed E-state index contributed by atoms with van der Waals surface area (Å²) < 4.78 is 11.3. The highest BCUT2D eigenvalue weighted by Crippen LogP contribution is 2.36. The van der Waals surface area contributed by atoms with Crippen LogP contribution in [0.4, 0.5) is 0 Å². The number of piperazine rings is 1. The van der Waals surface area contributed by atoms with Gasteiger partial charge in [-0.15, -0.1) is 0 Å². The highest BCUT2D eigenvalue weighted by atomic mass is 16.6. The number of ether oxygens (including phenoxy) is 2. The molecule has 3 aliphatic rings. The molecule has 3 heterocycles. The van der Waals surface area contributed by atoms with E-state index >= 15 is 0 Å². The van der Waals surface area contributed by atoms with Gasteiger partial charge in [0.05, 0.1) is 0 Å². The number of unbranched alkanes of at least 4 members (excludes halogenated alkanes) is 1. The number of likely N-dealkylation sites (tertiary alicyclic amines) is 1. The van der Waals surface area contributed by atoms with Crippen molar-refractivity contribution in [1.29, 1.82) is 0 Å². The van der Waals surface area contributed by atoms with Crippen LogP contribution in [0, 0.1) is 5.92 Å². The van der Waals surface area contributed by atoms with E-state index in [0.717, 1.165) is 50.4 Å². The molecule has 0 aromatic heterocycles. The van der Waals surface area contributed by atoms with Gasteiger partial charge in [0.1, 0.15) is 24.8 Å². The van der Waals surface area contributed by atoms with Crippen LogP contribution in [0.15, 0.2) is 18.2 Å². The minimum Gasteiger partial charge on any atom is -0.486 e. The Labute approximate surface area is 191 Å². The molecule has 7 nitrogen and oxygen atoms in total. The van der Waals surface area contributed by atoms with Crippen LogP contribution in [0.3, 0.4) is 0 Å². The quantitative estimate of drug-likeness (QED) is 0.702. The Bertz CT molecular complexity index is 834. The average molecular weight is 444 g/mol. The molecule has 0 radical (unpaired) electrons. The Balaban J connectivity index is 1.46. The van der Waals surface area contributed by atoms with Crippen molar-refractivity contribution in [2.45, 2.75) is 71.0 Å². The lowest BCUT2D eigenvalue weighted by Gasteiger charge is -2.52. The van der Waals surface area contributed by atoms with Gasteiger partial charge in [-0.1, -0.05) is 39.7 Å². The van der Waals surface area contributed by atoms with Gasteiger partial charge in [0.25, 0.3) is 0 Å². The molecule has 1 N–H and O–H groups in total.